The third kappa shape index (κ3) is 4.97. The van der Waals surface area contributed by atoms with Crippen LogP contribution in [0.15, 0.2) is 23.6 Å². The monoisotopic (exact) mass is 410 g/mol. The van der Waals surface area contributed by atoms with Crippen LogP contribution in [-0.4, -0.2) is 37.0 Å². The Morgan fingerprint density at radius 3 is 2.93 bits per heavy atom. The summed E-state index contributed by atoms with van der Waals surface area (Å²) in [6, 6.07) is 5.28. The number of rotatable bonds is 6. The quantitative estimate of drug-likeness (QED) is 0.763. The van der Waals surface area contributed by atoms with Crippen LogP contribution in [0.25, 0.3) is 0 Å². The molecule has 2 aromatic rings. The van der Waals surface area contributed by atoms with E-state index in [1.54, 1.807) is 35.6 Å². The van der Waals surface area contributed by atoms with E-state index in [0.29, 0.717) is 48.7 Å². The van der Waals surface area contributed by atoms with Gasteiger partial charge in [-0.05, 0) is 37.6 Å². The van der Waals surface area contributed by atoms with Gasteiger partial charge in [0.2, 0.25) is 5.91 Å². The largest absolute Gasteiger partial charge is 0.495 e. The zero-order valence-electron chi connectivity index (χ0n) is 15.1. The fraction of sp³-hybridized carbons (Fsp3) is 0.389. The summed E-state index contributed by atoms with van der Waals surface area (Å²) < 4.78 is 5.39. The lowest BCUT2D eigenvalue weighted by molar-refractivity contribution is -0.119. The van der Waals surface area contributed by atoms with Gasteiger partial charge in [0.15, 0.2) is 0 Å². The van der Waals surface area contributed by atoms with Crippen molar-refractivity contribution >= 4 is 46.9 Å². The molecule has 0 spiro atoms. The van der Waals surface area contributed by atoms with E-state index in [4.69, 9.17) is 10.5 Å². The first kappa shape index (κ1) is 21.1. The van der Waals surface area contributed by atoms with Crippen molar-refractivity contribution in [3.8, 4) is 5.75 Å². The second-order valence-corrected chi connectivity index (χ2v) is 6.95. The number of carbonyl (C=O) groups is 2. The van der Waals surface area contributed by atoms with E-state index >= 15 is 0 Å². The smallest absolute Gasteiger partial charge is 0.275 e. The number of halogens is 1. The van der Waals surface area contributed by atoms with Gasteiger partial charge in [-0.3, -0.25) is 9.59 Å². The molecule has 2 heterocycles. The molecule has 0 radical (unpaired) electrons. The number of carbonyl (C=O) groups excluding carboxylic acids is 2. The molecular formula is C18H23ClN4O3S. The molecule has 27 heavy (non-hydrogen) atoms. The third-order valence-corrected chi connectivity index (χ3v) is 5.10. The Morgan fingerprint density at radius 1 is 1.41 bits per heavy atom. The number of methoxy groups -OCH3 is 1. The molecule has 3 rings (SSSR count). The molecule has 0 unspecified atom stereocenters. The standard InChI is InChI=1S/C18H22N4O3S.ClH/c1-25-15-6-5-12(10-14(15)22-9-3-2-4-17(22)23)20-18(24)13-11-26-16(21-13)7-8-19;/h5-6,10-11H,2-4,7-9,19H2,1H3,(H,20,24);1H. The normalized spacial score (nSPS) is 13.9. The number of amides is 2. The van der Waals surface area contributed by atoms with Gasteiger partial charge in [-0.25, -0.2) is 4.98 Å². The summed E-state index contributed by atoms with van der Waals surface area (Å²) in [6.07, 6.45) is 3.04. The van der Waals surface area contributed by atoms with Crippen LogP contribution in [0.2, 0.25) is 0 Å². The van der Waals surface area contributed by atoms with E-state index in [9.17, 15) is 9.59 Å². The number of aromatic nitrogens is 1. The van der Waals surface area contributed by atoms with Crippen molar-refractivity contribution in [1.29, 1.82) is 0 Å². The lowest BCUT2D eigenvalue weighted by atomic mass is 10.1. The van der Waals surface area contributed by atoms with Gasteiger partial charge in [0, 0.05) is 30.5 Å². The maximum absolute atomic E-state index is 12.4. The van der Waals surface area contributed by atoms with Crippen LogP contribution < -0.4 is 20.7 Å². The molecule has 1 aliphatic heterocycles. The maximum atomic E-state index is 12.4. The summed E-state index contributed by atoms with van der Waals surface area (Å²) in [4.78, 5) is 30.7. The van der Waals surface area contributed by atoms with Gasteiger partial charge >= 0.3 is 0 Å². The number of anilines is 2. The lowest BCUT2D eigenvalue weighted by Crippen LogP contribution is -2.35. The van der Waals surface area contributed by atoms with Crippen LogP contribution in [-0.2, 0) is 11.2 Å². The molecule has 0 bridgehead atoms. The van der Waals surface area contributed by atoms with Crippen molar-refractivity contribution in [2.45, 2.75) is 25.7 Å². The van der Waals surface area contributed by atoms with E-state index in [1.807, 2.05) is 0 Å². The number of hydrogen-bond donors (Lipinski definition) is 2. The number of benzene rings is 1. The van der Waals surface area contributed by atoms with Gasteiger partial charge < -0.3 is 20.7 Å². The Hall–Kier alpha value is -2.16. The topological polar surface area (TPSA) is 97.5 Å². The Balaban J connectivity index is 0.00000261. The minimum atomic E-state index is -0.286. The van der Waals surface area contributed by atoms with Crippen LogP contribution in [0.1, 0.15) is 34.8 Å². The molecule has 1 aromatic heterocycles. The molecule has 3 N–H and O–H groups in total. The van der Waals surface area contributed by atoms with Gasteiger partial charge in [0.25, 0.3) is 5.91 Å². The average molecular weight is 411 g/mol. The Bertz CT molecular complexity index is 812. The van der Waals surface area contributed by atoms with E-state index in [1.165, 1.54) is 11.3 Å². The highest BCUT2D eigenvalue weighted by atomic mass is 35.5. The van der Waals surface area contributed by atoms with Crippen molar-refractivity contribution in [3.05, 3.63) is 34.3 Å². The number of nitrogens with two attached hydrogens (primary N) is 1. The maximum Gasteiger partial charge on any atom is 0.275 e. The summed E-state index contributed by atoms with van der Waals surface area (Å²) in [7, 11) is 1.57. The molecule has 146 valence electrons. The Labute approximate surface area is 168 Å². The molecule has 1 aliphatic rings. The first-order valence-corrected chi connectivity index (χ1v) is 9.44. The molecule has 9 heteroatoms. The van der Waals surface area contributed by atoms with Crippen LogP contribution in [0.3, 0.4) is 0 Å². The Morgan fingerprint density at radius 2 is 2.22 bits per heavy atom. The predicted molar refractivity (Wildman–Crippen MR) is 109 cm³/mol. The number of ether oxygens (including phenoxy) is 1. The van der Waals surface area contributed by atoms with Crippen molar-refractivity contribution in [2.24, 2.45) is 5.73 Å². The molecule has 1 aromatic carbocycles. The first-order chi connectivity index (χ1) is 12.6. The highest BCUT2D eigenvalue weighted by molar-refractivity contribution is 7.09. The zero-order chi connectivity index (χ0) is 18.5. The van der Waals surface area contributed by atoms with Gasteiger partial charge in [-0.1, -0.05) is 0 Å². The summed E-state index contributed by atoms with van der Waals surface area (Å²) in [5, 5.41) is 5.40. The molecular weight excluding hydrogens is 388 g/mol. The van der Waals surface area contributed by atoms with E-state index in [-0.39, 0.29) is 24.2 Å². The van der Waals surface area contributed by atoms with E-state index in [2.05, 4.69) is 10.3 Å². The van der Waals surface area contributed by atoms with E-state index < -0.39 is 0 Å². The predicted octanol–water partition coefficient (Wildman–Crippen LogP) is 2.84. The highest BCUT2D eigenvalue weighted by Gasteiger charge is 2.23. The molecule has 1 saturated heterocycles. The zero-order valence-corrected chi connectivity index (χ0v) is 16.7. The second kappa shape index (κ2) is 9.68. The summed E-state index contributed by atoms with van der Waals surface area (Å²) >= 11 is 1.42. The highest BCUT2D eigenvalue weighted by Crippen LogP contribution is 2.33. The van der Waals surface area contributed by atoms with Gasteiger partial charge in [0.05, 0.1) is 17.8 Å². The van der Waals surface area contributed by atoms with E-state index in [0.717, 1.165) is 17.8 Å². The Kier molecular flexibility index (Phi) is 7.58. The van der Waals surface area contributed by atoms with Crippen molar-refractivity contribution in [2.75, 3.05) is 30.4 Å². The number of nitrogens with zero attached hydrogens (tertiary/aromatic N) is 2. The minimum Gasteiger partial charge on any atom is -0.495 e. The molecule has 1 fully saturated rings. The van der Waals surface area contributed by atoms with Crippen LogP contribution in [0.4, 0.5) is 11.4 Å². The number of piperidine rings is 1. The molecule has 0 atom stereocenters. The van der Waals surface area contributed by atoms with Crippen molar-refractivity contribution in [3.63, 3.8) is 0 Å². The van der Waals surface area contributed by atoms with Gasteiger partial charge in [0.1, 0.15) is 11.4 Å². The average Bonchev–Trinajstić information content (AvgIpc) is 3.11. The summed E-state index contributed by atoms with van der Waals surface area (Å²) in [5.74, 6) is 0.395. The van der Waals surface area contributed by atoms with Gasteiger partial charge in [-0.15, -0.1) is 23.7 Å². The number of nitrogens with one attached hydrogen (secondary N) is 1. The molecule has 0 saturated carbocycles. The number of hydrogen-bond acceptors (Lipinski definition) is 6. The van der Waals surface area contributed by atoms with Crippen LogP contribution in [0, 0.1) is 0 Å². The second-order valence-electron chi connectivity index (χ2n) is 6.01. The fourth-order valence-electron chi connectivity index (χ4n) is 2.89. The summed E-state index contributed by atoms with van der Waals surface area (Å²) in [5.41, 5.74) is 7.16. The molecule has 2 amide bonds. The van der Waals surface area contributed by atoms with Crippen LogP contribution >= 0.6 is 23.7 Å². The summed E-state index contributed by atoms with van der Waals surface area (Å²) in [6.45, 7) is 1.15. The first-order valence-electron chi connectivity index (χ1n) is 8.56. The fourth-order valence-corrected chi connectivity index (χ4v) is 3.68. The number of thiazole rings is 1. The minimum absolute atomic E-state index is 0. The van der Waals surface area contributed by atoms with Gasteiger partial charge in [-0.2, -0.15) is 0 Å². The third-order valence-electron chi connectivity index (χ3n) is 4.19. The molecule has 7 nitrogen and oxygen atoms in total. The van der Waals surface area contributed by atoms with Crippen molar-refractivity contribution < 1.29 is 14.3 Å². The SMILES string of the molecule is COc1ccc(NC(=O)c2csc(CCN)n2)cc1N1CCCCC1=O.Cl. The van der Waals surface area contributed by atoms with Crippen LogP contribution in [0.5, 0.6) is 5.75 Å². The van der Waals surface area contributed by atoms with Crippen molar-refractivity contribution in [1.82, 2.24) is 4.98 Å². The lowest BCUT2D eigenvalue weighted by Gasteiger charge is -2.28. The molecule has 0 aliphatic carbocycles.